The molecule has 1 amide bonds. The van der Waals surface area contributed by atoms with Gasteiger partial charge in [0.05, 0.1) is 0 Å². The molecule has 19 heavy (non-hydrogen) atoms. The number of carbonyl (C=O) groups is 1. The fraction of sp³-hybridized carbons (Fsp3) is 0.800. The lowest BCUT2D eigenvalue weighted by molar-refractivity contribution is -0.141. The van der Waals surface area contributed by atoms with Gasteiger partial charge in [-0.05, 0) is 63.1 Å². The van der Waals surface area contributed by atoms with Crippen molar-refractivity contribution >= 4 is 22.9 Å². The van der Waals surface area contributed by atoms with Crippen LogP contribution in [0.4, 0.5) is 0 Å². The molecule has 0 aliphatic carbocycles. The molecule has 4 heteroatoms. The van der Waals surface area contributed by atoms with Crippen molar-refractivity contribution in [2.24, 2.45) is 11.8 Å². The van der Waals surface area contributed by atoms with E-state index in [0.29, 0.717) is 6.04 Å². The van der Waals surface area contributed by atoms with Gasteiger partial charge in [-0.3, -0.25) is 9.69 Å². The zero-order valence-electron chi connectivity index (χ0n) is 11.3. The highest BCUT2D eigenvalue weighted by Gasteiger charge is 2.49. The van der Waals surface area contributed by atoms with E-state index in [2.05, 4.69) is 15.9 Å². The molecule has 0 aromatic rings. The third-order valence-electron chi connectivity index (χ3n) is 5.59. The van der Waals surface area contributed by atoms with Crippen LogP contribution in [-0.4, -0.2) is 47.4 Å². The van der Waals surface area contributed by atoms with Crippen LogP contribution in [0.2, 0.25) is 0 Å². The van der Waals surface area contributed by atoms with Crippen molar-refractivity contribution in [2.75, 3.05) is 19.6 Å². The molecule has 4 rings (SSSR count). The smallest absolute Gasteiger partial charge is 0.246 e. The lowest BCUT2D eigenvalue weighted by Crippen LogP contribution is -2.65. The quantitative estimate of drug-likeness (QED) is 0.681. The Labute approximate surface area is 125 Å². The summed E-state index contributed by atoms with van der Waals surface area (Å²) in [6.45, 7) is 3.62. The van der Waals surface area contributed by atoms with Gasteiger partial charge in [0.2, 0.25) is 5.91 Å². The van der Waals surface area contributed by atoms with Crippen LogP contribution in [0.5, 0.6) is 0 Å². The molecule has 0 spiro atoms. The van der Waals surface area contributed by atoms with Crippen LogP contribution < -0.4 is 0 Å². The first-order valence-corrected chi connectivity index (χ1v) is 7.56. The molecular formula is C15H23BrN2O. The molecule has 3 saturated heterocycles. The van der Waals surface area contributed by atoms with E-state index >= 15 is 0 Å². The summed E-state index contributed by atoms with van der Waals surface area (Å²) in [6, 6.07) is 1.29. The molecule has 4 aliphatic heterocycles. The van der Waals surface area contributed by atoms with E-state index in [1.165, 1.54) is 38.8 Å². The maximum atomic E-state index is 12.1. The predicted molar refractivity (Wildman–Crippen MR) is 80.4 cm³/mol. The number of nitrogens with zero attached hydrogens (tertiary/aromatic N) is 2. The highest BCUT2D eigenvalue weighted by Crippen LogP contribution is 2.43. The third-order valence-corrected chi connectivity index (χ3v) is 5.59. The second kappa shape index (κ2) is 5.21. The summed E-state index contributed by atoms with van der Waals surface area (Å²) in [5.41, 5.74) is 0. The normalized spacial score (nSPS) is 41.3. The van der Waals surface area contributed by atoms with E-state index in [4.69, 9.17) is 0 Å². The second-order valence-electron chi connectivity index (χ2n) is 6.43. The molecule has 4 atom stereocenters. The number of hydrogen-bond acceptors (Lipinski definition) is 2. The number of piperidine rings is 3. The van der Waals surface area contributed by atoms with Crippen molar-refractivity contribution in [3.63, 3.8) is 0 Å². The molecule has 4 heterocycles. The summed E-state index contributed by atoms with van der Waals surface area (Å²) in [6.07, 6.45) is 10.3. The average Bonchev–Trinajstić information content (AvgIpc) is 2.41. The van der Waals surface area contributed by atoms with Crippen LogP contribution in [0.1, 0.15) is 32.1 Å². The van der Waals surface area contributed by atoms with Gasteiger partial charge in [0.1, 0.15) is 0 Å². The fourth-order valence-electron chi connectivity index (χ4n) is 4.95. The highest BCUT2D eigenvalue weighted by molar-refractivity contribution is 8.93. The largest absolute Gasteiger partial charge is 0.335 e. The van der Waals surface area contributed by atoms with Gasteiger partial charge < -0.3 is 4.90 Å². The van der Waals surface area contributed by atoms with Gasteiger partial charge in [-0.15, -0.1) is 17.0 Å². The first-order valence-electron chi connectivity index (χ1n) is 7.56. The average molecular weight is 327 g/mol. The molecule has 3 fully saturated rings. The summed E-state index contributed by atoms with van der Waals surface area (Å²) < 4.78 is 0. The standard InChI is InChI=1S/C15H22N2O.BrH/c18-14-7-1-6-13-12-5-3-9-16-8-2-4-11(15(12)16)10-17(13)14;/h1,7,11-13,15H,2-6,8-10H2;1H. The lowest BCUT2D eigenvalue weighted by atomic mass is 9.68. The first kappa shape index (κ1) is 13.6. The van der Waals surface area contributed by atoms with E-state index in [9.17, 15) is 4.79 Å². The van der Waals surface area contributed by atoms with Crippen LogP contribution in [0, 0.1) is 11.8 Å². The number of hydrogen-bond donors (Lipinski definition) is 0. The van der Waals surface area contributed by atoms with E-state index in [1.54, 1.807) is 6.08 Å². The number of carbonyl (C=O) groups excluding carboxylic acids is 1. The maximum Gasteiger partial charge on any atom is 0.246 e. The Kier molecular flexibility index (Phi) is 3.73. The Hall–Kier alpha value is -0.350. The zero-order valence-corrected chi connectivity index (χ0v) is 13.0. The van der Waals surface area contributed by atoms with Crippen molar-refractivity contribution in [1.29, 1.82) is 0 Å². The Balaban J connectivity index is 0.00000110. The van der Waals surface area contributed by atoms with Gasteiger partial charge in [0, 0.05) is 18.6 Å². The van der Waals surface area contributed by atoms with Gasteiger partial charge >= 0.3 is 0 Å². The van der Waals surface area contributed by atoms with Gasteiger partial charge in [-0.1, -0.05) is 6.08 Å². The van der Waals surface area contributed by atoms with Crippen LogP contribution in [-0.2, 0) is 4.79 Å². The first-order chi connectivity index (χ1) is 8.84. The molecule has 4 aliphatic rings. The molecule has 4 unspecified atom stereocenters. The van der Waals surface area contributed by atoms with Crippen LogP contribution in [0.15, 0.2) is 12.2 Å². The predicted octanol–water partition coefficient (Wildman–Crippen LogP) is 2.23. The van der Waals surface area contributed by atoms with Crippen molar-refractivity contribution in [1.82, 2.24) is 9.80 Å². The SMILES string of the molecule is Br.O=C1C=CCC2C3CCCN4CCCC(CN12)C34. The van der Waals surface area contributed by atoms with Gasteiger partial charge in [0.25, 0.3) is 0 Å². The lowest BCUT2D eigenvalue weighted by Gasteiger charge is -2.57. The monoisotopic (exact) mass is 326 g/mol. The molecule has 3 nitrogen and oxygen atoms in total. The van der Waals surface area contributed by atoms with Crippen molar-refractivity contribution in [3.8, 4) is 0 Å². The summed E-state index contributed by atoms with van der Waals surface area (Å²) in [5.74, 6) is 1.76. The van der Waals surface area contributed by atoms with Crippen LogP contribution in [0.25, 0.3) is 0 Å². The summed E-state index contributed by atoms with van der Waals surface area (Å²) in [4.78, 5) is 17.0. The Morgan fingerprint density at radius 1 is 1.16 bits per heavy atom. The van der Waals surface area contributed by atoms with E-state index in [1.807, 2.05) is 0 Å². The number of fused-ring (bicyclic) bond motifs is 2. The zero-order chi connectivity index (χ0) is 12.1. The summed E-state index contributed by atoms with van der Waals surface area (Å²) in [5, 5.41) is 0. The minimum atomic E-state index is 0. The topological polar surface area (TPSA) is 23.6 Å². The van der Waals surface area contributed by atoms with E-state index in [0.717, 1.165) is 30.8 Å². The Morgan fingerprint density at radius 3 is 2.79 bits per heavy atom. The summed E-state index contributed by atoms with van der Waals surface area (Å²) >= 11 is 0. The van der Waals surface area contributed by atoms with Crippen molar-refractivity contribution < 1.29 is 4.79 Å². The molecule has 0 bridgehead atoms. The molecular weight excluding hydrogens is 304 g/mol. The van der Waals surface area contributed by atoms with Crippen molar-refractivity contribution in [2.45, 2.75) is 44.2 Å². The highest BCUT2D eigenvalue weighted by atomic mass is 79.9. The second-order valence-corrected chi connectivity index (χ2v) is 6.43. The van der Waals surface area contributed by atoms with E-state index in [-0.39, 0.29) is 22.9 Å². The Bertz CT molecular complexity index is 396. The number of rotatable bonds is 0. The number of amides is 1. The molecule has 0 saturated carbocycles. The maximum absolute atomic E-state index is 12.1. The minimum Gasteiger partial charge on any atom is -0.335 e. The van der Waals surface area contributed by atoms with Crippen LogP contribution in [0.3, 0.4) is 0 Å². The molecule has 0 N–H and O–H groups in total. The van der Waals surface area contributed by atoms with E-state index < -0.39 is 0 Å². The van der Waals surface area contributed by atoms with Crippen LogP contribution >= 0.6 is 17.0 Å². The van der Waals surface area contributed by atoms with Gasteiger partial charge in [-0.2, -0.15) is 0 Å². The van der Waals surface area contributed by atoms with Gasteiger partial charge in [-0.25, -0.2) is 0 Å². The van der Waals surface area contributed by atoms with Crippen molar-refractivity contribution in [3.05, 3.63) is 12.2 Å². The molecule has 0 aromatic carbocycles. The fourth-order valence-corrected chi connectivity index (χ4v) is 4.95. The summed E-state index contributed by atoms with van der Waals surface area (Å²) in [7, 11) is 0. The minimum absolute atomic E-state index is 0. The molecule has 0 radical (unpaired) electrons. The number of halogens is 1. The van der Waals surface area contributed by atoms with Gasteiger partial charge in [0.15, 0.2) is 0 Å². The Morgan fingerprint density at radius 2 is 1.95 bits per heavy atom. The molecule has 106 valence electrons. The molecule has 0 aromatic heterocycles. The third kappa shape index (κ3) is 2.07.